The zero-order valence-corrected chi connectivity index (χ0v) is 36.2. The second-order valence-electron chi connectivity index (χ2n) is 18.9. The van der Waals surface area contributed by atoms with Gasteiger partial charge in [-0.3, -0.25) is 0 Å². The van der Waals surface area contributed by atoms with Crippen molar-refractivity contribution < 1.29 is 4.42 Å². The quantitative estimate of drug-likeness (QED) is 0.166. The number of benzene rings is 8. The van der Waals surface area contributed by atoms with E-state index >= 15 is 0 Å². The maximum absolute atomic E-state index is 7.13. The second-order valence-corrected chi connectivity index (χ2v) is 20.0. The van der Waals surface area contributed by atoms with Crippen LogP contribution in [0.25, 0.3) is 64.4 Å². The molecule has 2 aromatic heterocycles. The van der Waals surface area contributed by atoms with Gasteiger partial charge in [0.1, 0.15) is 11.2 Å². The normalized spacial score (nSPS) is 13.6. The summed E-state index contributed by atoms with van der Waals surface area (Å²) in [4.78, 5) is 5.24. The number of nitrogens with zero attached hydrogens (tertiary/aromatic N) is 2. The molecule has 0 saturated heterocycles. The van der Waals surface area contributed by atoms with Gasteiger partial charge in [-0.2, -0.15) is 0 Å². The van der Waals surface area contributed by atoms with E-state index in [2.05, 4.69) is 215 Å². The van der Waals surface area contributed by atoms with Crippen LogP contribution in [-0.2, 0) is 10.8 Å². The Kier molecular flexibility index (Phi) is 7.72. The molecule has 0 unspecified atom stereocenters. The summed E-state index contributed by atoms with van der Waals surface area (Å²) < 4.78 is 9.72. The third-order valence-corrected chi connectivity index (χ3v) is 14.3. The van der Waals surface area contributed by atoms with Crippen molar-refractivity contribution in [3.63, 3.8) is 0 Å². The fourth-order valence-corrected chi connectivity index (χ4v) is 11.3. The third-order valence-electron chi connectivity index (χ3n) is 13.2. The summed E-state index contributed by atoms with van der Waals surface area (Å²) in [5, 5.41) is 4.87. The van der Waals surface area contributed by atoms with Crippen molar-refractivity contribution in [2.24, 2.45) is 0 Å². The number of para-hydroxylation sites is 2. The molecule has 2 aliphatic heterocycles. The molecule has 5 heteroatoms. The Balaban J connectivity index is 1.29. The molecule has 8 aromatic carbocycles. The number of furan rings is 1. The number of hydrogen-bond donors (Lipinski definition) is 0. The molecule has 0 bridgehead atoms. The van der Waals surface area contributed by atoms with Crippen molar-refractivity contribution in [3.8, 4) is 22.3 Å². The van der Waals surface area contributed by atoms with Crippen LogP contribution in [0.1, 0.15) is 52.7 Å². The molecule has 4 heterocycles. The molecule has 3 nitrogen and oxygen atoms in total. The molecule has 0 aliphatic carbocycles. The van der Waals surface area contributed by atoms with Gasteiger partial charge in [0, 0.05) is 59.6 Å². The fourth-order valence-electron chi connectivity index (χ4n) is 10.2. The van der Waals surface area contributed by atoms with Gasteiger partial charge < -0.3 is 14.1 Å². The van der Waals surface area contributed by atoms with Gasteiger partial charge >= 0.3 is 6.85 Å². The van der Waals surface area contributed by atoms with E-state index < -0.39 is 0 Å². The maximum atomic E-state index is 7.13. The fraction of sp³-hybridized carbons (Fsp3) is 0.143. The van der Waals surface area contributed by atoms with Crippen molar-refractivity contribution in [1.29, 1.82) is 0 Å². The van der Waals surface area contributed by atoms with E-state index in [-0.39, 0.29) is 17.7 Å². The largest absolute Gasteiger partial charge is 0.455 e. The number of thiophene rings is 1. The van der Waals surface area contributed by atoms with Crippen LogP contribution in [-0.4, -0.2) is 6.85 Å². The molecule has 0 N–H and O–H groups in total. The van der Waals surface area contributed by atoms with Crippen LogP contribution in [0.5, 0.6) is 0 Å². The highest BCUT2D eigenvalue weighted by Crippen LogP contribution is 2.53. The lowest BCUT2D eigenvalue weighted by Gasteiger charge is -2.46. The van der Waals surface area contributed by atoms with Crippen LogP contribution in [0, 0.1) is 0 Å². The van der Waals surface area contributed by atoms with Crippen LogP contribution in [0.3, 0.4) is 0 Å². The maximum Gasteiger partial charge on any atom is 0.333 e. The lowest BCUT2D eigenvalue weighted by molar-refractivity contribution is 0.590. The zero-order valence-electron chi connectivity index (χ0n) is 35.4. The van der Waals surface area contributed by atoms with Crippen molar-refractivity contribution in [1.82, 2.24) is 0 Å². The number of fused-ring (bicyclic) bond motifs is 12. The standard InChI is InChI=1S/C56H45BN2OS/c1-55(2,3)35-24-27-37(28-25-35)59-44-29-26-36(56(4,5)6)32-42(44)51-53-46(33-41-39-19-11-14-22-47(39)60-54(41)51)58(43-21-13-10-18-38(43)34-16-8-7-9-17-34)45-30-31-49-50(52(45)57(53)59)40-20-12-15-23-48(40)61-49/h7-33H,1-6H3. The molecule has 0 fully saturated rings. The summed E-state index contributed by atoms with van der Waals surface area (Å²) in [5.41, 5.74) is 17.6. The molecule has 61 heavy (non-hydrogen) atoms. The zero-order chi connectivity index (χ0) is 41.4. The van der Waals surface area contributed by atoms with Crippen molar-refractivity contribution in [2.45, 2.75) is 52.4 Å². The Bertz CT molecular complexity index is 3400. The van der Waals surface area contributed by atoms with Crippen LogP contribution in [0.4, 0.5) is 28.4 Å². The highest BCUT2D eigenvalue weighted by atomic mass is 32.1. The SMILES string of the molecule is CC(C)(C)c1ccc(N2B3c4c(cc5c(oc6ccccc65)c4-c4cc(C(C)(C)C)ccc42)N(c2ccccc2-c2ccccc2)c2ccc4sc5ccccc5c4c23)cc1. The van der Waals surface area contributed by atoms with Gasteiger partial charge in [0.2, 0.25) is 0 Å². The van der Waals surface area contributed by atoms with Gasteiger partial charge in [0.25, 0.3) is 0 Å². The minimum absolute atomic E-state index is 0.0262. The molecule has 12 rings (SSSR count). The van der Waals surface area contributed by atoms with Gasteiger partial charge in [-0.15, -0.1) is 11.3 Å². The van der Waals surface area contributed by atoms with Crippen LogP contribution < -0.4 is 20.6 Å². The predicted octanol–water partition coefficient (Wildman–Crippen LogP) is 14.9. The van der Waals surface area contributed by atoms with Gasteiger partial charge in [-0.05, 0) is 110 Å². The highest BCUT2D eigenvalue weighted by Gasteiger charge is 2.48. The Morgan fingerprint density at radius 3 is 1.95 bits per heavy atom. The van der Waals surface area contributed by atoms with Gasteiger partial charge in [-0.1, -0.05) is 145 Å². The van der Waals surface area contributed by atoms with Crippen LogP contribution >= 0.6 is 11.3 Å². The van der Waals surface area contributed by atoms with Crippen LogP contribution in [0.15, 0.2) is 168 Å². The Labute approximate surface area is 361 Å². The summed E-state index contributed by atoms with van der Waals surface area (Å²) in [6.45, 7) is 13.7. The molecule has 2 aliphatic rings. The highest BCUT2D eigenvalue weighted by molar-refractivity contribution is 7.26. The number of rotatable bonds is 3. The topological polar surface area (TPSA) is 19.6 Å². The molecular weight excluding hydrogens is 760 g/mol. The lowest BCUT2D eigenvalue weighted by atomic mass is 9.42. The summed E-state index contributed by atoms with van der Waals surface area (Å²) in [6.07, 6.45) is 0. The monoisotopic (exact) mass is 804 g/mol. The molecular formula is C56H45BN2OS. The molecule has 0 radical (unpaired) electrons. The predicted molar refractivity (Wildman–Crippen MR) is 263 cm³/mol. The van der Waals surface area contributed by atoms with E-state index in [0.29, 0.717) is 0 Å². The first-order chi connectivity index (χ1) is 29.5. The molecule has 0 saturated carbocycles. The molecule has 0 atom stereocenters. The smallest absolute Gasteiger partial charge is 0.333 e. The van der Waals surface area contributed by atoms with Gasteiger partial charge in [0.15, 0.2) is 0 Å². The third kappa shape index (κ3) is 5.36. The Hall–Kier alpha value is -6.56. The average molecular weight is 805 g/mol. The van der Waals surface area contributed by atoms with Gasteiger partial charge in [-0.25, -0.2) is 0 Å². The number of hydrogen-bond acceptors (Lipinski definition) is 4. The van der Waals surface area contributed by atoms with Crippen molar-refractivity contribution >= 4 is 99.7 Å². The second kappa shape index (κ2) is 13.0. The average Bonchev–Trinajstić information content (AvgIpc) is 3.84. The number of anilines is 5. The first-order valence-corrected chi connectivity index (χ1v) is 22.3. The van der Waals surface area contributed by atoms with E-state index in [0.717, 1.165) is 27.6 Å². The molecule has 294 valence electrons. The van der Waals surface area contributed by atoms with Gasteiger partial charge in [0.05, 0.1) is 5.69 Å². The minimum atomic E-state index is -0.173. The summed E-state index contributed by atoms with van der Waals surface area (Å²) in [6, 6.07) is 61.1. The Morgan fingerprint density at radius 2 is 1.16 bits per heavy atom. The van der Waals surface area contributed by atoms with E-state index in [9.17, 15) is 0 Å². The van der Waals surface area contributed by atoms with E-state index in [1.807, 2.05) is 11.3 Å². The van der Waals surface area contributed by atoms with Crippen molar-refractivity contribution in [2.75, 3.05) is 9.71 Å². The minimum Gasteiger partial charge on any atom is -0.455 e. The molecule has 10 aromatic rings. The van der Waals surface area contributed by atoms with Crippen molar-refractivity contribution in [3.05, 3.63) is 175 Å². The Morgan fingerprint density at radius 1 is 0.492 bits per heavy atom. The lowest BCUT2D eigenvalue weighted by Crippen LogP contribution is -2.61. The van der Waals surface area contributed by atoms with E-state index in [1.54, 1.807) is 0 Å². The summed E-state index contributed by atoms with van der Waals surface area (Å²) in [5.74, 6) is 0. The molecule has 0 amide bonds. The van der Waals surface area contributed by atoms with Crippen LogP contribution in [0.2, 0.25) is 0 Å². The first kappa shape index (κ1) is 36.3. The summed E-state index contributed by atoms with van der Waals surface area (Å²) in [7, 11) is 0. The summed E-state index contributed by atoms with van der Waals surface area (Å²) >= 11 is 1.89. The van der Waals surface area contributed by atoms with E-state index in [1.165, 1.54) is 87.2 Å². The first-order valence-electron chi connectivity index (χ1n) is 21.5. The molecule has 0 spiro atoms. The van der Waals surface area contributed by atoms with E-state index in [4.69, 9.17) is 4.42 Å².